The molecule has 0 saturated heterocycles. The topological polar surface area (TPSA) is 140 Å². The Morgan fingerprint density at radius 3 is 2.17 bits per heavy atom. The van der Waals surface area contributed by atoms with Gasteiger partial charge < -0.3 is 21.3 Å². The van der Waals surface area contributed by atoms with Crippen LogP contribution < -0.4 is 21.3 Å². The highest BCUT2D eigenvalue weighted by Gasteiger charge is 2.25. The van der Waals surface area contributed by atoms with Crippen LogP contribution in [0.25, 0.3) is 11.1 Å². The Labute approximate surface area is 246 Å². The molecule has 0 radical (unpaired) electrons. The summed E-state index contributed by atoms with van der Waals surface area (Å²) in [5.41, 5.74) is 3.22. The lowest BCUT2D eigenvalue weighted by atomic mass is 10.0. The summed E-state index contributed by atoms with van der Waals surface area (Å²) in [6.07, 6.45) is 0.467. The highest BCUT2D eigenvalue weighted by atomic mass is 16.2. The van der Waals surface area contributed by atoms with E-state index < -0.39 is 17.5 Å². The molecule has 0 saturated carbocycles. The molecule has 0 bridgehead atoms. The quantitative estimate of drug-likeness (QED) is 0.248. The first-order valence-corrected chi connectivity index (χ1v) is 13.8. The van der Waals surface area contributed by atoms with Gasteiger partial charge in [0.2, 0.25) is 17.7 Å². The molecule has 0 aliphatic rings. The molecule has 3 rings (SSSR count). The van der Waals surface area contributed by atoms with Gasteiger partial charge in [0, 0.05) is 30.6 Å². The molecular formula is C33H37N5O4. The van der Waals surface area contributed by atoms with E-state index in [2.05, 4.69) is 27.3 Å². The van der Waals surface area contributed by atoms with Gasteiger partial charge in [-0.1, -0.05) is 54.6 Å². The maximum Gasteiger partial charge on any atom is 0.251 e. The van der Waals surface area contributed by atoms with Crippen LogP contribution in [0.4, 0.5) is 0 Å². The predicted octanol–water partition coefficient (Wildman–Crippen LogP) is 3.49. The van der Waals surface area contributed by atoms with Gasteiger partial charge in [-0.2, -0.15) is 5.26 Å². The van der Waals surface area contributed by atoms with Crippen molar-refractivity contribution in [2.45, 2.75) is 51.6 Å². The van der Waals surface area contributed by atoms with Gasteiger partial charge in [0.05, 0.1) is 18.1 Å². The molecular weight excluding hydrogens is 530 g/mol. The average Bonchev–Trinajstić information content (AvgIpc) is 2.97. The zero-order valence-electron chi connectivity index (χ0n) is 24.2. The third-order valence-corrected chi connectivity index (χ3v) is 6.22. The number of nitrogens with one attached hydrogen (secondary N) is 4. The van der Waals surface area contributed by atoms with Crippen molar-refractivity contribution in [3.63, 3.8) is 0 Å². The molecule has 9 heteroatoms. The standard InChI is InChI=1S/C33H37N5O4/c1-33(2,3)38-30(40)21-28(37-29(39)17-14-23-8-5-4-6-9-23)32(42)36-19-18-35-31(41)27-11-7-10-26(20-27)25-15-12-24(22-34)13-16-25/h4-13,15-16,20,28H,14,17-19,21H2,1-3H3,(H,35,41)(H,36,42)(H,37,39)(H,38,40)/t28-/m0/s1. The number of hydrogen-bond acceptors (Lipinski definition) is 5. The van der Waals surface area contributed by atoms with Gasteiger partial charge in [0.15, 0.2) is 0 Å². The number of carbonyl (C=O) groups is 4. The van der Waals surface area contributed by atoms with Crippen LogP contribution in [-0.2, 0) is 20.8 Å². The fourth-order valence-electron chi connectivity index (χ4n) is 4.20. The Hall–Kier alpha value is -4.97. The highest BCUT2D eigenvalue weighted by molar-refractivity contribution is 5.95. The predicted molar refractivity (Wildman–Crippen MR) is 161 cm³/mol. The van der Waals surface area contributed by atoms with Crippen molar-refractivity contribution in [2.75, 3.05) is 13.1 Å². The molecule has 9 nitrogen and oxygen atoms in total. The van der Waals surface area contributed by atoms with Crippen molar-refractivity contribution < 1.29 is 19.2 Å². The van der Waals surface area contributed by atoms with Crippen LogP contribution in [0.1, 0.15) is 55.1 Å². The number of carbonyl (C=O) groups excluding carboxylic acids is 4. The monoisotopic (exact) mass is 567 g/mol. The first kappa shape index (κ1) is 31.6. The van der Waals surface area contributed by atoms with Crippen molar-refractivity contribution >= 4 is 23.6 Å². The Morgan fingerprint density at radius 1 is 0.810 bits per heavy atom. The molecule has 0 heterocycles. The van der Waals surface area contributed by atoms with Gasteiger partial charge in [-0.15, -0.1) is 0 Å². The first-order valence-electron chi connectivity index (χ1n) is 13.8. The molecule has 218 valence electrons. The fourth-order valence-corrected chi connectivity index (χ4v) is 4.20. The Kier molecular flexibility index (Phi) is 11.4. The molecule has 0 spiro atoms. The smallest absolute Gasteiger partial charge is 0.251 e. The van der Waals surface area contributed by atoms with Crippen LogP contribution >= 0.6 is 0 Å². The third kappa shape index (κ3) is 10.5. The molecule has 4 N–H and O–H groups in total. The van der Waals surface area contributed by atoms with Crippen molar-refractivity contribution in [3.8, 4) is 17.2 Å². The van der Waals surface area contributed by atoms with Crippen molar-refractivity contribution in [3.05, 3.63) is 95.6 Å². The van der Waals surface area contributed by atoms with Crippen LogP contribution in [0.15, 0.2) is 78.9 Å². The minimum atomic E-state index is -1.06. The van der Waals surface area contributed by atoms with Gasteiger partial charge in [0.1, 0.15) is 6.04 Å². The number of nitrogens with zero attached hydrogens (tertiary/aromatic N) is 1. The molecule has 0 aliphatic carbocycles. The molecule has 0 fully saturated rings. The summed E-state index contributed by atoms with van der Waals surface area (Å²) in [6.45, 7) is 5.76. The van der Waals surface area contributed by atoms with E-state index in [9.17, 15) is 19.2 Å². The van der Waals surface area contributed by atoms with Crippen molar-refractivity contribution in [1.29, 1.82) is 5.26 Å². The number of aryl methyl sites for hydroxylation is 1. The van der Waals surface area contributed by atoms with Crippen molar-refractivity contribution in [2.24, 2.45) is 0 Å². The molecule has 4 amide bonds. The summed E-state index contributed by atoms with van der Waals surface area (Å²) in [5.74, 6) is -1.52. The Balaban J connectivity index is 1.54. The van der Waals surface area contributed by atoms with Gasteiger partial charge in [0.25, 0.3) is 5.91 Å². The molecule has 3 aromatic carbocycles. The van der Waals surface area contributed by atoms with Gasteiger partial charge in [-0.05, 0) is 68.1 Å². The van der Waals surface area contributed by atoms with E-state index in [1.807, 2.05) is 69.3 Å². The molecule has 3 aromatic rings. The fraction of sp³-hybridized carbons (Fsp3) is 0.303. The lowest BCUT2D eigenvalue weighted by Gasteiger charge is -2.23. The van der Waals surface area contributed by atoms with E-state index in [1.54, 1.807) is 30.3 Å². The average molecular weight is 568 g/mol. The lowest BCUT2D eigenvalue weighted by molar-refractivity contribution is -0.132. The second kappa shape index (κ2) is 15.1. The maximum absolute atomic E-state index is 13.0. The lowest BCUT2D eigenvalue weighted by Crippen LogP contribution is -2.51. The molecule has 0 aliphatic heterocycles. The number of rotatable bonds is 12. The van der Waals surface area contributed by atoms with E-state index in [0.717, 1.165) is 16.7 Å². The van der Waals surface area contributed by atoms with Gasteiger partial charge in [-0.25, -0.2) is 0 Å². The maximum atomic E-state index is 13.0. The minimum Gasteiger partial charge on any atom is -0.353 e. The number of benzene rings is 3. The molecule has 0 unspecified atom stereocenters. The van der Waals surface area contributed by atoms with Crippen LogP contribution in [0.2, 0.25) is 0 Å². The largest absolute Gasteiger partial charge is 0.353 e. The highest BCUT2D eigenvalue weighted by Crippen LogP contribution is 2.21. The summed E-state index contributed by atoms with van der Waals surface area (Å²) in [4.78, 5) is 50.9. The summed E-state index contributed by atoms with van der Waals surface area (Å²) in [5, 5.41) is 20.0. The SMILES string of the molecule is CC(C)(C)NC(=O)C[C@H](NC(=O)CCc1ccccc1)C(=O)NCCNC(=O)c1cccc(-c2ccc(C#N)cc2)c1. The normalized spacial score (nSPS) is 11.5. The molecule has 0 aromatic heterocycles. The number of amides is 4. The van der Waals surface area contributed by atoms with E-state index >= 15 is 0 Å². The Morgan fingerprint density at radius 2 is 1.50 bits per heavy atom. The zero-order valence-corrected chi connectivity index (χ0v) is 24.2. The summed E-state index contributed by atoms with van der Waals surface area (Å²) in [7, 11) is 0. The van der Waals surface area contributed by atoms with Gasteiger partial charge in [-0.3, -0.25) is 19.2 Å². The second-order valence-electron chi connectivity index (χ2n) is 10.9. The second-order valence-corrected chi connectivity index (χ2v) is 10.9. The van der Waals surface area contributed by atoms with Crippen LogP contribution in [-0.4, -0.2) is 48.3 Å². The Bertz CT molecular complexity index is 1420. The minimum absolute atomic E-state index is 0.108. The van der Waals surface area contributed by atoms with E-state index in [1.165, 1.54) is 0 Å². The summed E-state index contributed by atoms with van der Waals surface area (Å²) >= 11 is 0. The van der Waals surface area contributed by atoms with Crippen LogP contribution in [0, 0.1) is 11.3 Å². The first-order chi connectivity index (χ1) is 20.0. The van der Waals surface area contributed by atoms with Crippen LogP contribution in [0.3, 0.4) is 0 Å². The summed E-state index contributed by atoms with van der Waals surface area (Å²) in [6, 6.07) is 24.7. The van der Waals surface area contributed by atoms with E-state index in [-0.39, 0.29) is 43.7 Å². The van der Waals surface area contributed by atoms with Crippen molar-refractivity contribution in [1.82, 2.24) is 21.3 Å². The van der Waals surface area contributed by atoms with E-state index in [4.69, 9.17) is 5.26 Å². The van der Waals surface area contributed by atoms with Gasteiger partial charge >= 0.3 is 0 Å². The summed E-state index contributed by atoms with van der Waals surface area (Å²) < 4.78 is 0. The molecule has 42 heavy (non-hydrogen) atoms. The van der Waals surface area contributed by atoms with E-state index in [0.29, 0.717) is 17.5 Å². The molecule has 1 atom stereocenters. The van der Waals surface area contributed by atoms with Crippen LogP contribution in [0.5, 0.6) is 0 Å². The third-order valence-electron chi connectivity index (χ3n) is 6.22. The zero-order chi connectivity index (χ0) is 30.5. The number of hydrogen-bond donors (Lipinski definition) is 4. The number of nitriles is 1.